The molecular formula is C26H29N3O2. The van der Waals surface area contributed by atoms with Gasteiger partial charge in [0.05, 0.1) is 11.2 Å². The Hall–Kier alpha value is -2.76. The Bertz CT molecular complexity index is 1100. The minimum absolute atomic E-state index is 0.196. The highest BCUT2D eigenvalue weighted by molar-refractivity contribution is 5.78. The normalized spacial score (nSPS) is 18.0. The lowest BCUT2D eigenvalue weighted by Crippen LogP contribution is -2.14. The SMILES string of the molecule is CCOC1(c2ccccc2-c2ncc(-c3ccccc3C3(OCC)CC3)c(N)n2)CC1. The third-order valence-electron chi connectivity index (χ3n) is 6.43. The number of aromatic nitrogens is 2. The first-order chi connectivity index (χ1) is 15.1. The summed E-state index contributed by atoms with van der Waals surface area (Å²) < 4.78 is 12.2. The molecule has 1 heterocycles. The number of benzene rings is 2. The van der Waals surface area contributed by atoms with Gasteiger partial charge in [-0.1, -0.05) is 48.5 Å². The summed E-state index contributed by atoms with van der Waals surface area (Å²) in [5.74, 6) is 1.13. The van der Waals surface area contributed by atoms with Crippen molar-refractivity contribution >= 4 is 5.82 Å². The van der Waals surface area contributed by atoms with E-state index in [1.807, 2.05) is 32.2 Å². The van der Waals surface area contributed by atoms with Crippen LogP contribution in [0, 0.1) is 0 Å². The van der Waals surface area contributed by atoms with E-state index in [2.05, 4.69) is 36.4 Å². The van der Waals surface area contributed by atoms with E-state index in [1.165, 1.54) is 5.56 Å². The molecule has 0 bridgehead atoms. The Morgan fingerprint density at radius 1 is 0.774 bits per heavy atom. The predicted octanol–water partition coefficient (Wildman–Crippen LogP) is 5.44. The molecule has 0 aliphatic heterocycles. The van der Waals surface area contributed by atoms with Gasteiger partial charge in [0.1, 0.15) is 5.82 Å². The summed E-state index contributed by atoms with van der Waals surface area (Å²) in [4.78, 5) is 9.49. The molecule has 5 heteroatoms. The van der Waals surface area contributed by atoms with Gasteiger partial charge in [-0.25, -0.2) is 9.97 Å². The molecule has 5 nitrogen and oxygen atoms in total. The molecule has 0 radical (unpaired) electrons. The van der Waals surface area contributed by atoms with E-state index in [9.17, 15) is 0 Å². The van der Waals surface area contributed by atoms with E-state index in [1.54, 1.807) is 0 Å². The fraction of sp³-hybridized carbons (Fsp3) is 0.385. The Morgan fingerprint density at radius 3 is 1.81 bits per heavy atom. The van der Waals surface area contributed by atoms with Crippen molar-refractivity contribution < 1.29 is 9.47 Å². The zero-order valence-corrected chi connectivity index (χ0v) is 18.2. The molecule has 1 aromatic heterocycles. The molecule has 0 atom stereocenters. The van der Waals surface area contributed by atoms with Gasteiger partial charge < -0.3 is 15.2 Å². The molecular weight excluding hydrogens is 386 g/mol. The number of nitrogens with two attached hydrogens (primary N) is 1. The Morgan fingerprint density at radius 2 is 1.29 bits per heavy atom. The van der Waals surface area contributed by atoms with Crippen LogP contribution in [0.1, 0.15) is 50.7 Å². The molecule has 3 aromatic rings. The molecule has 2 saturated carbocycles. The molecule has 0 spiro atoms. The van der Waals surface area contributed by atoms with Crippen molar-refractivity contribution in [2.45, 2.75) is 50.7 Å². The molecule has 160 valence electrons. The zero-order chi connectivity index (χ0) is 21.5. The van der Waals surface area contributed by atoms with E-state index < -0.39 is 0 Å². The van der Waals surface area contributed by atoms with Crippen molar-refractivity contribution in [2.75, 3.05) is 18.9 Å². The number of nitrogens with zero attached hydrogens (tertiary/aromatic N) is 2. The van der Waals surface area contributed by atoms with Gasteiger partial charge in [0.25, 0.3) is 0 Å². The highest BCUT2D eigenvalue weighted by Gasteiger charge is 2.48. The second-order valence-corrected chi connectivity index (χ2v) is 8.44. The first-order valence-corrected chi connectivity index (χ1v) is 11.2. The summed E-state index contributed by atoms with van der Waals surface area (Å²) in [6.07, 6.45) is 5.97. The van der Waals surface area contributed by atoms with E-state index >= 15 is 0 Å². The number of ether oxygens (including phenoxy) is 2. The molecule has 2 aliphatic rings. The van der Waals surface area contributed by atoms with Crippen molar-refractivity contribution in [3.8, 4) is 22.5 Å². The predicted molar refractivity (Wildman–Crippen MR) is 122 cm³/mol. The molecule has 0 saturated heterocycles. The van der Waals surface area contributed by atoms with Gasteiger partial charge in [0.2, 0.25) is 0 Å². The lowest BCUT2D eigenvalue weighted by molar-refractivity contribution is 0.0397. The van der Waals surface area contributed by atoms with Crippen molar-refractivity contribution in [1.29, 1.82) is 0 Å². The van der Waals surface area contributed by atoms with E-state index in [-0.39, 0.29) is 11.2 Å². The standard InChI is InChI=1S/C26H29N3O2/c1-3-30-25(13-14-25)21-11-7-5-9-18(21)20-17-28-24(29-23(20)27)19-10-6-8-12-22(19)26(15-16-26)31-4-2/h5-12,17H,3-4,13-16H2,1-2H3,(H2,27,28,29). The molecule has 5 rings (SSSR count). The van der Waals surface area contributed by atoms with E-state index in [0.29, 0.717) is 24.9 Å². The number of rotatable bonds is 8. The van der Waals surface area contributed by atoms with Crippen LogP contribution in [-0.4, -0.2) is 23.2 Å². The Balaban J connectivity index is 1.55. The van der Waals surface area contributed by atoms with Crippen LogP contribution in [0.3, 0.4) is 0 Å². The first kappa shape index (κ1) is 20.2. The zero-order valence-electron chi connectivity index (χ0n) is 18.2. The van der Waals surface area contributed by atoms with Gasteiger partial charge in [-0.3, -0.25) is 0 Å². The lowest BCUT2D eigenvalue weighted by atomic mass is 9.95. The first-order valence-electron chi connectivity index (χ1n) is 11.2. The fourth-order valence-corrected chi connectivity index (χ4v) is 4.69. The Labute approximate surface area is 183 Å². The minimum Gasteiger partial charge on any atom is -0.383 e. The van der Waals surface area contributed by atoms with Crippen LogP contribution in [0.15, 0.2) is 54.7 Å². The number of anilines is 1. The fourth-order valence-electron chi connectivity index (χ4n) is 4.69. The summed E-state index contributed by atoms with van der Waals surface area (Å²) in [5, 5.41) is 0. The van der Waals surface area contributed by atoms with Gasteiger partial charge in [-0.2, -0.15) is 0 Å². The monoisotopic (exact) mass is 415 g/mol. The van der Waals surface area contributed by atoms with Gasteiger partial charge in [0.15, 0.2) is 5.82 Å². The summed E-state index contributed by atoms with van der Waals surface area (Å²) in [5.41, 5.74) is 11.3. The minimum atomic E-state index is -0.204. The topological polar surface area (TPSA) is 70.3 Å². The molecule has 2 aromatic carbocycles. The summed E-state index contributed by atoms with van der Waals surface area (Å²) in [7, 11) is 0. The van der Waals surface area contributed by atoms with Crippen molar-refractivity contribution in [2.24, 2.45) is 0 Å². The second-order valence-electron chi connectivity index (χ2n) is 8.44. The van der Waals surface area contributed by atoms with Crippen LogP contribution >= 0.6 is 0 Å². The third-order valence-corrected chi connectivity index (χ3v) is 6.43. The van der Waals surface area contributed by atoms with Crippen molar-refractivity contribution in [3.63, 3.8) is 0 Å². The van der Waals surface area contributed by atoms with Gasteiger partial charge >= 0.3 is 0 Å². The van der Waals surface area contributed by atoms with E-state index in [4.69, 9.17) is 25.2 Å². The van der Waals surface area contributed by atoms with Crippen LogP contribution < -0.4 is 5.73 Å². The van der Waals surface area contributed by atoms with Crippen molar-refractivity contribution in [1.82, 2.24) is 9.97 Å². The van der Waals surface area contributed by atoms with Gasteiger partial charge in [-0.05, 0) is 56.2 Å². The molecule has 31 heavy (non-hydrogen) atoms. The molecule has 2 N–H and O–H groups in total. The number of hydrogen-bond donors (Lipinski definition) is 1. The summed E-state index contributed by atoms with van der Waals surface area (Å²) >= 11 is 0. The smallest absolute Gasteiger partial charge is 0.161 e. The maximum Gasteiger partial charge on any atom is 0.161 e. The van der Waals surface area contributed by atoms with Crippen LogP contribution in [0.2, 0.25) is 0 Å². The third kappa shape index (κ3) is 3.52. The summed E-state index contributed by atoms with van der Waals surface area (Å²) in [6, 6.07) is 16.6. The molecule has 2 fully saturated rings. The lowest BCUT2D eigenvalue weighted by Gasteiger charge is -2.21. The average molecular weight is 416 g/mol. The van der Waals surface area contributed by atoms with Crippen molar-refractivity contribution in [3.05, 3.63) is 65.9 Å². The molecule has 2 aliphatic carbocycles. The largest absolute Gasteiger partial charge is 0.383 e. The number of nitrogen functional groups attached to an aromatic ring is 1. The highest BCUT2D eigenvalue weighted by atomic mass is 16.5. The molecule has 0 unspecified atom stereocenters. The number of hydrogen-bond acceptors (Lipinski definition) is 5. The van der Waals surface area contributed by atoms with Crippen LogP contribution in [0.5, 0.6) is 0 Å². The maximum atomic E-state index is 6.51. The van der Waals surface area contributed by atoms with Gasteiger partial charge in [-0.15, -0.1) is 0 Å². The van der Waals surface area contributed by atoms with Crippen LogP contribution in [0.4, 0.5) is 5.82 Å². The van der Waals surface area contributed by atoms with Gasteiger partial charge in [0, 0.05) is 30.5 Å². The molecule has 0 amide bonds. The second kappa shape index (κ2) is 7.74. The Kier molecular flexibility index (Phi) is 5.03. The quantitative estimate of drug-likeness (QED) is 0.530. The summed E-state index contributed by atoms with van der Waals surface area (Å²) in [6.45, 7) is 5.46. The average Bonchev–Trinajstić information content (AvgIpc) is 3.72. The maximum absolute atomic E-state index is 6.51. The van der Waals surface area contributed by atoms with Crippen LogP contribution in [0.25, 0.3) is 22.5 Å². The van der Waals surface area contributed by atoms with Crippen LogP contribution in [-0.2, 0) is 20.7 Å². The van der Waals surface area contributed by atoms with E-state index in [0.717, 1.165) is 47.9 Å². The highest BCUT2D eigenvalue weighted by Crippen LogP contribution is 2.53.